The normalized spacial score (nSPS) is 11.3. The van der Waals surface area contributed by atoms with E-state index in [0.717, 1.165) is 17.7 Å². The van der Waals surface area contributed by atoms with Gasteiger partial charge in [0.2, 0.25) is 5.91 Å². The molecule has 3 nitrogen and oxygen atoms in total. The number of aryl methyl sites for hydroxylation is 1. The highest BCUT2D eigenvalue weighted by Crippen LogP contribution is 2.16. The van der Waals surface area contributed by atoms with Crippen molar-refractivity contribution in [3.05, 3.63) is 29.8 Å². The number of nitrogens with one attached hydrogen (secondary N) is 1. The summed E-state index contributed by atoms with van der Waals surface area (Å²) in [4.78, 5) is 11.8. The van der Waals surface area contributed by atoms with Gasteiger partial charge in [0.15, 0.2) is 0 Å². The Morgan fingerprint density at radius 1 is 1.35 bits per heavy atom. The summed E-state index contributed by atoms with van der Waals surface area (Å²) in [7, 11) is 0. The van der Waals surface area contributed by atoms with Gasteiger partial charge < -0.3 is 11.1 Å². The van der Waals surface area contributed by atoms with Crippen molar-refractivity contribution in [2.24, 2.45) is 5.73 Å². The van der Waals surface area contributed by atoms with Crippen LogP contribution in [-0.4, -0.2) is 11.4 Å². The minimum absolute atomic E-state index is 0.0319. The molecule has 0 saturated heterocycles. The van der Waals surface area contributed by atoms with E-state index in [2.05, 4.69) is 12.2 Å². The van der Waals surface area contributed by atoms with Crippen molar-refractivity contribution in [1.82, 2.24) is 0 Å². The second-order valence-electron chi connectivity index (χ2n) is 5.05. The molecule has 0 saturated carbocycles. The van der Waals surface area contributed by atoms with Crippen LogP contribution in [0.2, 0.25) is 0 Å². The first-order valence-corrected chi connectivity index (χ1v) is 6.09. The van der Waals surface area contributed by atoms with Gasteiger partial charge in [0.25, 0.3) is 0 Å². The van der Waals surface area contributed by atoms with Crippen LogP contribution in [0, 0.1) is 0 Å². The van der Waals surface area contributed by atoms with E-state index in [0.29, 0.717) is 12.8 Å². The van der Waals surface area contributed by atoms with Crippen molar-refractivity contribution in [1.29, 1.82) is 0 Å². The summed E-state index contributed by atoms with van der Waals surface area (Å²) in [6, 6.07) is 7.88. The topological polar surface area (TPSA) is 55.1 Å². The van der Waals surface area contributed by atoms with E-state index in [9.17, 15) is 4.79 Å². The quantitative estimate of drug-likeness (QED) is 0.823. The lowest BCUT2D eigenvalue weighted by atomic mass is 10.00. The summed E-state index contributed by atoms with van der Waals surface area (Å²) >= 11 is 0. The highest BCUT2D eigenvalue weighted by atomic mass is 16.1. The Kier molecular flexibility index (Phi) is 4.70. The Morgan fingerprint density at radius 3 is 2.59 bits per heavy atom. The van der Waals surface area contributed by atoms with E-state index < -0.39 is 0 Å². The molecule has 0 aliphatic carbocycles. The van der Waals surface area contributed by atoms with Crippen molar-refractivity contribution in [3.63, 3.8) is 0 Å². The monoisotopic (exact) mass is 234 g/mol. The maximum Gasteiger partial charge on any atom is 0.224 e. The van der Waals surface area contributed by atoms with Crippen molar-refractivity contribution >= 4 is 11.6 Å². The standard InChI is InChI=1S/C14H22N2O/c1-4-11-7-5-6-8-12(11)16-13(17)9-10-14(2,3)15/h5-8H,4,9-10,15H2,1-3H3,(H,16,17). The van der Waals surface area contributed by atoms with Crippen molar-refractivity contribution in [2.45, 2.75) is 45.6 Å². The van der Waals surface area contributed by atoms with E-state index in [1.807, 2.05) is 38.1 Å². The van der Waals surface area contributed by atoms with Gasteiger partial charge in [-0.1, -0.05) is 25.1 Å². The lowest BCUT2D eigenvalue weighted by molar-refractivity contribution is -0.116. The lowest BCUT2D eigenvalue weighted by Gasteiger charge is -2.18. The molecule has 0 spiro atoms. The third kappa shape index (κ3) is 5.00. The number of rotatable bonds is 5. The Labute approximate surface area is 103 Å². The molecule has 0 aromatic heterocycles. The Bertz CT molecular complexity index is 380. The van der Waals surface area contributed by atoms with E-state index in [1.165, 1.54) is 0 Å². The van der Waals surface area contributed by atoms with E-state index >= 15 is 0 Å². The second-order valence-corrected chi connectivity index (χ2v) is 5.05. The van der Waals surface area contributed by atoms with Crippen LogP contribution in [-0.2, 0) is 11.2 Å². The molecule has 0 aliphatic heterocycles. The molecule has 94 valence electrons. The molecular formula is C14H22N2O. The first kappa shape index (κ1) is 13.7. The smallest absolute Gasteiger partial charge is 0.224 e. The van der Waals surface area contributed by atoms with Crippen LogP contribution in [0.4, 0.5) is 5.69 Å². The van der Waals surface area contributed by atoms with Gasteiger partial charge in [-0.2, -0.15) is 0 Å². The van der Waals surface area contributed by atoms with Gasteiger partial charge in [-0.05, 0) is 38.3 Å². The number of nitrogens with two attached hydrogens (primary N) is 1. The molecule has 1 aromatic carbocycles. The number of hydrogen-bond acceptors (Lipinski definition) is 2. The molecule has 3 N–H and O–H groups in total. The summed E-state index contributed by atoms with van der Waals surface area (Å²) in [5, 5.41) is 2.94. The summed E-state index contributed by atoms with van der Waals surface area (Å²) in [6.07, 6.45) is 2.06. The summed E-state index contributed by atoms with van der Waals surface area (Å²) in [5.74, 6) is 0.0319. The molecule has 0 atom stereocenters. The molecule has 3 heteroatoms. The van der Waals surface area contributed by atoms with Gasteiger partial charge in [0.05, 0.1) is 0 Å². The predicted molar refractivity (Wildman–Crippen MR) is 72.0 cm³/mol. The SMILES string of the molecule is CCc1ccccc1NC(=O)CCC(C)(C)N. The van der Waals surface area contributed by atoms with Crippen LogP contribution in [0.1, 0.15) is 39.2 Å². The van der Waals surface area contributed by atoms with Gasteiger partial charge in [0, 0.05) is 17.6 Å². The van der Waals surface area contributed by atoms with Gasteiger partial charge in [-0.3, -0.25) is 4.79 Å². The van der Waals surface area contributed by atoms with Crippen molar-refractivity contribution in [2.75, 3.05) is 5.32 Å². The molecule has 0 radical (unpaired) electrons. The first-order valence-electron chi connectivity index (χ1n) is 6.09. The fourth-order valence-electron chi connectivity index (χ4n) is 1.60. The number of benzene rings is 1. The molecule has 1 aromatic rings. The molecule has 0 bridgehead atoms. The van der Waals surface area contributed by atoms with Gasteiger partial charge >= 0.3 is 0 Å². The summed E-state index contributed by atoms with van der Waals surface area (Å²) in [5.41, 5.74) is 7.64. The number of carbonyl (C=O) groups is 1. The summed E-state index contributed by atoms with van der Waals surface area (Å²) in [6.45, 7) is 5.94. The molecule has 0 aliphatic rings. The summed E-state index contributed by atoms with van der Waals surface area (Å²) < 4.78 is 0. The van der Waals surface area contributed by atoms with E-state index in [4.69, 9.17) is 5.73 Å². The third-order valence-corrected chi connectivity index (χ3v) is 2.67. The van der Waals surface area contributed by atoms with Gasteiger partial charge in [-0.25, -0.2) is 0 Å². The van der Waals surface area contributed by atoms with Gasteiger partial charge in [0.1, 0.15) is 0 Å². The number of para-hydroxylation sites is 1. The highest BCUT2D eigenvalue weighted by molar-refractivity contribution is 5.91. The molecule has 1 amide bonds. The van der Waals surface area contributed by atoms with Crippen molar-refractivity contribution in [3.8, 4) is 0 Å². The number of carbonyl (C=O) groups excluding carboxylic acids is 1. The minimum Gasteiger partial charge on any atom is -0.326 e. The van der Waals surface area contributed by atoms with Crippen LogP contribution in [0.25, 0.3) is 0 Å². The Hall–Kier alpha value is -1.35. The molecule has 17 heavy (non-hydrogen) atoms. The highest BCUT2D eigenvalue weighted by Gasteiger charge is 2.13. The van der Waals surface area contributed by atoms with Crippen molar-refractivity contribution < 1.29 is 4.79 Å². The maximum atomic E-state index is 11.8. The van der Waals surface area contributed by atoms with E-state index in [1.54, 1.807) is 0 Å². The Morgan fingerprint density at radius 2 is 2.00 bits per heavy atom. The Balaban J connectivity index is 2.56. The zero-order valence-electron chi connectivity index (χ0n) is 10.9. The lowest BCUT2D eigenvalue weighted by Crippen LogP contribution is -2.33. The zero-order valence-corrected chi connectivity index (χ0v) is 10.9. The second kappa shape index (κ2) is 5.82. The maximum absolute atomic E-state index is 11.8. The fourth-order valence-corrected chi connectivity index (χ4v) is 1.60. The average Bonchev–Trinajstić information content (AvgIpc) is 2.26. The first-order chi connectivity index (χ1) is 7.92. The molecule has 1 rings (SSSR count). The van der Waals surface area contributed by atoms with Gasteiger partial charge in [-0.15, -0.1) is 0 Å². The zero-order chi connectivity index (χ0) is 12.9. The van der Waals surface area contributed by atoms with Crippen LogP contribution in [0.15, 0.2) is 24.3 Å². The van der Waals surface area contributed by atoms with Crippen LogP contribution in [0.5, 0.6) is 0 Å². The molecule has 0 fully saturated rings. The largest absolute Gasteiger partial charge is 0.326 e. The average molecular weight is 234 g/mol. The van der Waals surface area contributed by atoms with Crippen LogP contribution < -0.4 is 11.1 Å². The minimum atomic E-state index is -0.290. The van der Waals surface area contributed by atoms with E-state index in [-0.39, 0.29) is 11.4 Å². The number of amides is 1. The fraction of sp³-hybridized carbons (Fsp3) is 0.500. The third-order valence-electron chi connectivity index (χ3n) is 2.67. The van der Waals surface area contributed by atoms with Crippen LogP contribution in [0.3, 0.4) is 0 Å². The molecule has 0 unspecified atom stereocenters. The van der Waals surface area contributed by atoms with Crippen LogP contribution >= 0.6 is 0 Å². The predicted octanol–water partition coefficient (Wildman–Crippen LogP) is 2.71. The number of hydrogen-bond donors (Lipinski definition) is 2. The molecule has 0 heterocycles. The number of anilines is 1. The molecular weight excluding hydrogens is 212 g/mol.